The van der Waals surface area contributed by atoms with Crippen molar-refractivity contribution >= 4 is 35.4 Å². The maximum atomic E-state index is 11.9. The Morgan fingerprint density at radius 2 is 2.13 bits per heavy atom. The average molecular weight is 423 g/mol. The van der Waals surface area contributed by atoms with Crippen LogP contribution >= 0.6 is 0 Å². The third-order valence-electron chi connectivity index (χ3n) is 6.07. The van der Waals surface area contributed by atoms with Crippen molar-refractivity contribution in [1.29, 1.82) is 5.41 Å². The van der Waals surface area contributed by atoms with Gasteiger partial charge in [-0.1, -0.05) is 19.8 Å². The summed E-state index contributed by atoms with van der Waals surface area (Å²) in [5.74, 6) is 1.23. The second kappa shape index (κ2) is 8.89. The van der Waals surface area contributed by atoms with E-state index in [0.717, 1.165) is 42.0 Å². The predicted octanol–water partition coefficient (Wildman–Crippen LogP) is 3.30. The number of anilines is 4. The van der Waals surface area contributed by atoms with E-state index in [1.807, 2.05) is 19.1 Å². The zero-order valence-electron chi connectivity index (χ0n) is 18.3. The van der Waals surface area contributed by atoms with Crippen LogP contribution in [0.1, 0.15) is 54.9 Å². The lowest BCUT2D eigenvalue weighted by atomic mass is 10.1. The third kappa shape index (κ3) is 4.05. The Balaban J connectivity index is 1.68. The van der Waals surface area contributed by atoms with Crippen LogP contribution in [0.4, 0.5) is 23.1 Å². The molecule has 1 unspecified atom stereocenters. The first-order chi connectivity index (χ1) is 15.0. The number of amides is 1. The molecule has 1 saturated carbocycles. The Hall–Kier alpha value is -3.20. The van der Waals surface area contributed by atoms with Crippen LogP contribution in [0.3, 0.4) is 0 Å². The molecular weight excluding hydrogens is 392 g/mol. The first-order valence-corrected chi connectivity index (χ1v) is 10.9. The summed E-state index contributed by atoms with van der Waals surface area (Å²) in [4.78, 5) is 23.6. The van der Waals surface area contributed by atoms with Gasteiger partial charge in [0.05, 0.1) is 12.4 Å². The van der Waals surface area contributed by atoms with Gasteiger partial charge in [0, 0.05) is 24.3 Å². The molecule has 0 bridgehead atoms. The van der Waals surface area contributed by atoms with E-state index in [4.69, 9.17) is 10.4 Å². The van der Waals surface area contributed by atoms with E-state index < -0.39 is 0 Å². The van der Waals surface area contributed by atoms with Crippen molar-refractivity contribution in [2.75, 3.05) is 22.3 Å². The van der Waals surface area contributed by atoms with Crippen LogP contribution in [0, 0.1) is 12.3 Å². The zero-order chi connectivity index (χ0) is 22.0. The smallest absolute Gasteiger partial charge is 0.251 e. The van der Waals surface area contributed by atoms with Crippen LogP contribution < -0.4 is 26.0 Å². The van der Waals surface area contributed by atoms with Gasteiger partial charge in [-0.25, -0.2) is 10.4 Å². The molecule has 4 rings (SSSR count). The van der Waals surface area contributed by atoms with Crippen LogP contribution in [0.25, 0.3) is 0 Å². The number of hydrazine groups is 1. The number of aromatic nitrogens is 2. The predicted molar refractivity (Wildman–Crippen MR) is 123 cm³/mol. The lowest BCUT2D eigenvalue weighted by Crippen LogP contribution is -2.60. The van der Waals surface area contributed by atoms with Crippen LogP contribution in [0.5, 0.6) is 0 Å². The van der Waals surface area contributed by atoms with Gasteiger partial charge in [0.2, 0.25) is 5.95 Å². The standard InChI is InChI=1S/C22H30N8O/c1-4-19-28-29(13-23)18-12-25-22(27-20(18)30(19)16-7-5-6-8-16)26-17-10-9-15(11-14(17)2)21(31)24-3/h9-13,16,19,23,28H,4-8H2,1-3H3,(H,24,31)(H,25,26,27). The summed E-state index contributed by atoms with van der Waals surface area (Å²) in [6.07, 6.45) is 8.75. The summed E-state index contributed by atoms with van der Waals surface area (Å²) in [7, 11) is 1.62. The number of rotatable bonds is 6. The van der Waals surface area contributed by atoms with Gasteiger partial charge in [0.25, 0.3) is 5.91 Å². The normalized spacial score (nSPS) is 18.6. The number of hydrogen-bond donors (Lipinski definition) is 4. The summed E-state index contributed by atoms with van der Waals surface area (Å²) in [5, 5.41) is 15.5. The first kappa shape index (κ1) is 21.0. The number of benzene rings is 1. The molecule has 0 saturated heterocycles. The fraction of sp³-hybridized carbons (Fsp3) is 0.455. The minimum Gasteiger partial charge on any atom is -0.355 e. The fourth-order valence-corrected chi connectivity index (χ4v) is 4.44. The molecule has 4 N–H and O–H groups in total. The van der Waals surface area contributed by atoms with Gasteiger partial charge in [-0.05, 0) is 49.9 Å². The summed E-state index contributed by atoms with van der Waals surface area (Å²) in [6, 6.07) is 5.93. The zero-order valence-corrected chi connectivity index (χ0v) is 18.3. The Kier molecular flexibility index (Phi) is 6.03. The number of nitrogens with one attached hydrogen (secondary N) is 4. The maximum Gasteiger partial charge on any atom is 0.251 e. The van der Waals surface area contributed by atoms with Gasteiger partial charge in [0.15, 0.2) is 5.82 Å². The van der Waals surface area contributed by atoms with Crippen molar-refractivity contribution in [1.82, 2.24) is 20.7 Å². The summed E-state index contributed by atoms with van der Waals surface area (Å²) >= 11 is 0. The second-order valence-electron chi connectivity index (χ2n) is 8.03. The number of fused-ring (bicyclic) bond motifs is 1. The highest BCUT2D eigenvalue weighted by molar-refractivity contribution is 5.94. The highest BCUT2D eigenvalue weighted by Crippen LogP contribution is 2.38. The van der Waals surface area contributed by atoms with E-state index in [-0.39, 0.29) is 12.1 Å². The van der Waals surface area contributed by atoms with E-state index in [9.17, 15) is 4.79 Å². The molecule has 1 aliphatic heterocycles. The topological polar surface area (TPSA) is 109 Å². The molecule has 9 nitrogen and oxygen atoms in total. The minimum atomic E-state index is -0.114. The van der Waals surface area contributed by atoms with Gasteiger partial charge in [-0.15, -0.1) is 0 Å². The summed E-state index contributed by atoms with van der Waals surface area (Å²) < 4.78 is 0. The van der Waals surface area contributed by atoms with E-state index >= 15 is 0 Å². The molecule has 31 heavy (non-hydrogen) atoms. The first-order valence-electron chi connectivity index (χ1n) is 10.9. The van der Waals surface area contributed by atoms with Crippen molar-refractivity contribution in [3.63, 3.8) is 0 Å². The van der Waals surface area contributed by atoms with Crippen molar-refractivity contribution in [3.8, 4) is 0 Å². The molecule has 1 amide bonds. The molecule has 2 aliphatic rings. The van der Waals surface area contributed by atoms with E-state index in [0.29, 0.717) is 17.6 Å². The van der Waals surface area contributed by atoms with Crippen LogP contribution in [-0.2, 0) is 0 Å². The molecule has 0 spiro atoms. The third-order valence-corrected chi connectivity index (χ3v) is 6.07. The van der Waals surface area contributed by atoms with Gasteiger partial charge < -0.3 is 15.5 Å². The minimum absolute atomic E-state index is 0.0773. The average Bonchev–Trinajstić information content (AvgIpc) is 3.32. The van der Waals surface area contributed by atoms with E-state index in [2.05, 4.69) is 32.9 Å². The van der Waals surface area contributed by atoms with Crippen LogP contribution in [0.2, 0.25) is 0 Å². The molecular formula is C22H30N8O. The molecule has 1 aromatic heterocycles. The quantitative estimate of drug-likeness (QED) is 0.418. The Morgan fingerprint density at radius 3 is 2.77 bits per heavy atom. The Labute approximate surface area is 182 Å². The van der Waals surface area contributed by atoms with Gasteiger partial charge >= 0.3 is 0 Å². The highest BCUT2D eigenvalue weighted by Gasteiger charge is 2.36. The van der Waals surface area contributed by atoms with Crippen molar-refractivity contribution in [2.45, 2.75) is 58.2 Å². The number of nitrogens with zero attached hydrogens (tertiary/aromatic N) is 4. The van der Waals surface area contributed by atoms with Crippen molar-refractivity contribution < 1.29 is 4.79 Å². The van der Waals surface area contributed by atoms with Gasteiger partial charge in [-0.3, -0.25) is 15.2 Å². The van der Waals surface area contributed by atoms with Crippen LogP contribution in [0.15, 0.2) is 24.4 Å². The van der Waals surface area contributed by atoms with Gasteiger partial charge in [-0.2, -0.15) is 4.98 Å². The van der Waals surface area contributed by atoms with Gasteiger partial charge in [0.1, 0.15) is 12.0 Å². The van der Waals surface area contributed by atoms with Crippen molar-refractivity contribution in [2.24, 2.45) is 0 Å². The highest BCUT2D eigenvalue weighted by atomic mass is 16.1. The summed E-state index contributed by atoms with van der Waals surface area (Å²) in [5.41, 5.74) is 6.60. The molecule has 1 aliphatic carbocycles. The fourth-order valence-electron chi connectivity index (χ4n) is 4.44. The molecule has 164 valence electrons. The summed E-state index contributed by atoms with van der Waals surface area (Å²) in [6.45, 7) is 4.09. The lowest BCUT2D eigenvalue weighted by Gasteiger charge is -2.45. The molecule has 1 fully saturated rings. The number of aryl methyl sites for hydroxylation is 1. The lowest BCUT2D eigenvalue weighted by molar-refractivity contribution is 0.0963. The number of carbonyl (C=O) groups is 1. The van der Waals surface area contributed by atoms with E-state index in [1.54, 1.807) is 24.3 Å². The molecule has 1 aromatic carbocycles. The number of hydrogen-bond acceptors (Lipinski definition) is 7. The second-order valence-corrected chi connectivity index (χ2v) is 8.03. The molecule has 9 heteroatoms. The maximum absolute atomic E-state index is 11.9. The molecule has 2 aromatic rings. The van der Waals surface area contributed by atoms with Crippen LogP contribution in [-0.4, -0.2) is 41.5 Å². The Bertz CT molecular complexity index is 972. The molecule has 2 heterocycles. The Morgan fingerprint density at radius 1 is 1.35 bits per heavy atom. The van der Waals surface area contributed by atoms with E-state index in [1.165, 1.54) is 19.2 Å². The largest absolute Gasteiger partial charge is 0.355 e. The molecule has 1 atom stereocenters. The van der Waals surface area contributed by atoms with Crippen molar-refractivity contribution in [3.05, 3.63) is 35.5 Å². The molecule has 0 radical (unpaired) electrons. The SMILES string of the molecule is CCC1NN(C=N)c2cnc(Nc3ccc(C(=O)NC)cc3C)nc2N1C1CCCC1. The monoisotopic (exact) mass is 422 g/mol. The number of carbonyl (C=O) groups excluding carboxylic acids is 1.